The molecule has 1 saturated heterocycles. The number of hydrogen-bond donors (Lipinski definition) is 4. The molecule has 5 aromatic rings. The molecule has 1 aliphatic heterocycles. The van der Waals surface area contributed by atoms with Crippen LogP contribution in [0.1, 0.15) is 29.0 Å². The van der Waals surface area contributed by atoms with Crippen LogP contribution in [-0.4, -0.2) is 72.5 Å². The van der Waals surface area contributed by atoms with Gasteiger partial charge in [0.1, 0.15) is 30.0 Å². The summed E-state index contributed by atoms with van der Waals surface area (Å²) in [6.45, 7) is 1.77. The van der Waals surface area contributed by atoms with Gasteiger partial charge in [0.15, 0.2) is 5.52 Å². The number of benzene rings is 4. The van der Waals surface area contributed by atoms with Crippen LogP contribution in [0.2, 0.25) is 0 Å². The van der Waals surface area contributed by atoms with E-state index < -0.39 is 18.1 Å². The Morgan fingerprint density at radius 1 is 0.872 bits per heavy atom. The van der Waals surface area contributed by atoms with E-state index in [0.29, 0.717) is 43.1 Å². The number of aryl methyl sites for hydroxylation is 1. The number of nitrogens with zero attached hydrogens (tertiary/aromatic N) is 2. The minimum atomic E-state index is -0.949. The van der Waals surface area contributed by atoms with E-state index in [9.17, 15) is 9.59 Å². The maximum atomic E-state index is 14.1. The van der Waals surface area contributed by atoms with Gasteiger partial charge in [-0.3, -0.25) is 4.79 Å². The Morgan fingerprint density at radius 3 is 2.32 bits per heavy atom. The second-order valence-corrected chi connectivity index (χ2v) is 11.4. The Bertz CT molecular complexity index is 1730. The smallest absolute Gasteiger partial charge is 0.407 e. The van der Waals surface area contributed by atoms with Gasteiger partial charge in [-0.25, -0.2) is 4.79 Å². The molecule has 2 heterocycles. The number of para-hydroxylation sites is 2. The maximum absolute atomic E-state index is 14.1. The number of anilines is 1. The Kier molecular flexibility index (Phi) is 10.4. The number of aromatic nitrogens is 3. The lowest BCUT2D eigenvalue weighted by molar-refractivity contribution is -0.118. The van der Waals surface area contributed by atoms with Gasteiger partial charge in [-0.05, 0) is 47.7 Å². The van der Waals surface area contributed by atoms with Crippen LogP contribution >= 0.6 is 0 Å². The molecular formula is C36H38N6O5. The zero-order chi connectivity index (χ0) is 32.4. The fourth-order valence-electron chi connectivity index (χ4n) is 5.95. The van der Waals surface area contributed by atoms with E-state index in [0.717, 1.165) is 28.6 Å². The minimum Gasteiger partial charge on any atom is -0.488 e. The number of ether oxygens (including phenoxy) is 3. The van der Waals surface area contributed by atoms with Crippen molar-refractivity contribution >= 4 is 28.7 Å². The predicted molar refractivity (Wildman–Crippen MR) is 178 cm³/mol. The summed E-state index contributed by atoms with van der Waals surface area (Å²) in [5.74, 6) is -0.148. The molecule has 4 aromatic carbocycles. The van der Waals surface area contributed by atoms with Gasteiger partial charge in [-0.1, -0.05) is 84.9 Å². The van der Waals surface area contributed by atoms with Crippen LogP contribution in [0.3, 0.4) is 0 Å². The van der Waals surface area contributed by atoms with E-state index in [2.05, 4.69) is 31.4 Å². The first-order valence-corrected chi connectivity index (χ1v) is 15.7. The van der Waals surface area contributed by atoms with E-state index >= 15 is 0 Å². The van der Waals surface area contributed by atoms with Gasteiger partial charge in [-0.15, -0.1) is 0 Å². The van der Waals surface area contributed by atoms with Crippen molar-refractivity contribution in [1.29, 1.82) is 0 Å². The third-order valence-electron chi connectivity index (χ3n) is 8.27. The monoisotopic (exact) mass is 634 g/mol. The molecule has 0 radical (unpaired) electrons. The molecule has 2 amide bonds. The van der Waals surface area contributed by atoms with Crippen molar-refractivity contribution in [2.24, 2.45) is 0 Å². The zero-order valence-electron chi connectivity index (χ0n) is 26.1. The normalized spacial score (nSPS) is 16.8. The number of methoxy groups -OCH3 is 1. The number of rotatable bonds is 12. The SMILES string of the molecule is COC(=O)NC(C(=O)Nc1ccccc1CC[C@@H]1CNC[C@@H](COc2cccc3n[nH]nc23)O1)C(c1ccccc1)c1ccccc1. The Labute approximate surface area is 273 Å². The second-order valence-electron chi connectivity index (χ2n) is 11.4. The zero-order valence-corrected chi connectivity index (χ0v) is 26.1. The van der Waals surface area contributed by atoms with Crippen molar-refractivity contribution in [2.75, 3.05) is 32.1 Å². The second kappa shape index (κ2) is 15.4. The molecule has 1 aliphatic rings. The molecule has 0 bridgehead atoms. The van der Waals surface area contributed by atoms with Crippen molar-refractivity contribution < 1.29 is 23.8 Å². The van der Waals surface area contributed by atoms with Gasteiger partial charge in [0, 0.05) is 24.7 Å². The summed E-state index contributed by atoms with van der Waals surface area (Å²) in [5, 5.41) is 20.3. The Morgan fingerprint density at radius 2 is 1.57 bits per heavy atom. The number of fused-ring (bicyclic) bond motifs is 1. The van der Waals surface area contributed by atoms with Crippen LogP contribution in [0.15, 0.2) is 103 Å². The summed E-state index contributed by atoms with van der Waals surface area (Å²) in [4.78, 5) is 26.6. The lowest BCUT2D eigenvalue weighted by atomic mass is 9.84. The first-order valence-electron chi connectivity index (χ1n) is 15.7. The minimum absolute atomic E-state index is 0.0433. The number of hydrogen-bond acceptors (Lipinski definition) is 8. The fraction of sp³-hybridized carbons (Fsp3) is 0.278. The Balaban J connectivity index is 1.13. The van der Waals surface area contributed by atoms with Crippen LogP contribution in [0.4, 0.5) is 10.5 Å². The summed E-state index contributed by atoms with van der Waals surface area (Å²) in [6, 6.07) is 31.7. The first kappa shape index (κ1) is 31.7. The third-order valence-corrected chi connectivity index (χ3v) is 8.27. The summed E-state index contributed by atoms with van der Waals surface area (Å²) in [7, 11) is 1.29. The quantitative estimate of drug-likeness (QED) is 0.153. The number of carbonyl (C=O) groups excluding carboxylic acids is 2. The van der Waals surface area contributed by atoms with Crippen LogP contribution in [-0.2, 0) is 20.7 Å². The van der Waals surface area contributed by atoms with Crippen molar-refractivity contribution in [3.63, 3.8) is 0 Å². The summed E-state index contributed by atoms with van der Waals surface area (Å²) < 4.78 is 17.4. The van der Waals surface area contributed by atoms with E-state index in [4.69, 9.17) is 14.2 Å². The van der Waals surface area contributed by atoms with Gasteiger partial charge in [-0.2, -0.15) is 15.4 Å². The van der Waals surface area contributed by atoms with E-state index in [1.165, 1.54) is 7.11 Å². The standard InChI is InChI=1S/C36H38N6O5/c1-45-36(44)39-34(32(25-12-4-2-5-13-25)26-14-6-3-7-15-26)35(43)38-29-16-9-8-11-24(29)19-20-27-21-37-22-28(47-27)23-46-31-18-10-17-30-33(31)41-42-40-30/h2-18,27-28,32,34,37H,19-23H2,1H3,(H,38,43)(H,39,44)(H,40,41,42)/t27-,28+,34?/m1/s1. The van der Waals surface area contributed by atoms with Crippen LogP contribution in [0.5, 0.6) is 5.75 Å². The van der Waals surface area contributed by atoms with E-state index in [1.54, 1.807) is 0 Å². The summed E-state index contributed by atoms with van der Waals surface area (Å²) in [5.41, 5.74) is 4.86. The van der Waals surface area contributed by atoms with Crippen molar-refractivity contribution in [2.45, 2.75) is 37.0 Å². The van der Waals surface area contributed by atoms with Crippen molar-refractivity contribution in [1.82, 2.24) is 26.0 Å². The number of morpholine rings is 1. The number of nitrogens with one attached hydrogen (secondary N) is 4. The molecule has 1 fully saturated rings. The van der Waals surface area contributed by atoms with E-state index in [1.807, 2.05) is 103 Å². The van der Waals surface area contributed by atoms with Gasteiger partial charge < -0.3 is 30.2 Å². The molecule has 11 nitrogen and oxygen atoms in total. The molecule has 47 heavy (non-hydrogen) atoms. The van der Waals surface area contributed by atoms with Crippen LogP contribution in [0, 0.1) is 0 Å². The maximum Gasteiger partial charge on any atom is 0.407 e. The topological polar surface area (TPSA) is 139 Å². The Hall–Kier alpha value is -5.26. The van der Waals surface area contributed by atoms with Crippen molar-refractivity contribution in [3.05, 3.63) is 120 Å². The average Bonchev–Trinajstić information content (AvgIpc) is 3.61. The van der Waals surface area contributed by atoms with Gasteiger partial charge in [0.25, 0.3) is 0 Å². The highest BCUT2D eigenvalue weighted by molar-refractivity contribution is 5.98. The van der Waals surface area contributed by atoms with Crippen molar-refractivity contribution in [3.8, 4) is 5.75 Å². The molecule has 3 atom stereocenters. The van der Waals surface area contributed by atoms with Crippen LogP contribution < -0.4 is 20.7 Å². The lowest BCUT2D eigenvalue weighted by Crippen LogP contribution is -2.48. The van der Waals surface area contributed by atoms with Gasteiger partial charge in [0.05, 0.1) is 13.2 Å². The van der Waals surface area contributed by atoms with Gasteiger partial charge >= 0.3 is 6.09 Å². The molecule has 242 valence electrons. The molecule has 11 heteroatoms. The van der Waals surface area contributed by atoms with E-state index in [-0.39, 0.29) is 18.1 Å². The fourth-order valence-corrected chi connectivity index (χ4v) is 5.95. The molecule has 0 spiro atoms. The van der Waals surface area contributed by atoms with Gasteiger partial charge in [0.2, 0.25) is 5.91 Å². The molecule has 1 unspecified atom stereocenters. The molecule has 4 N–H and O–H groups in total. The average molecular weight is 635 g/mol. The molecular weight excluding hydrogens is 596 g/mol. The van der Waals surface area contributed by atoms with Crippen LogP contribution in [0.25, 0.3) is 11.0 Å². The molecule has 0 saturated carbocycles. The summed E-state index contributed by atoms with van der Waals surface area (Å²) in [6.07, 6.45) is 0.538. The number of alkyl carbamates (subject to hydrolysis) is 1. The molecule has 1 aromatic heterocycles. The first-order chi connectivity index (χ1) is 23.1. The largest absolute Gasteiger partial charge is 0.488 e. The highest BCUT2D eigenvalue weighted by Crippen LogP contribution is 2.30. The number of amides is 2. The highest BCUT2D eigenvalue weighted by Gasteiger charge is 2.33. The predicted octanol–water partition coefficient (Wildman–Crippen LogP) is 4.82. The molecule has 0 aliphatic carbocycles. The third kappa shape index (κ3) is 7.94. The summed E-state index contributed by atoms with van der Waals surface area (Å²) >= 11 is 0. The highest BCUT2D eigenvalue weighted by atomic mass is 16.5. The number of H-pyrrole nitrogens is 1. The molecule has 6 rings (SSSR count). The lowest BCUT2D eigenvalue weighted by Gasteiger charge is -2.31. The number of aromatic amines is 1. The number of carbonyl (C=O) groups is 2.